The molecule has 1 aromatic carbocycles. The molecule has 0 aliphatic heterocycles. The number of fused-ring (bicyclic) bond motifs is 1. The maximum absolute atomic E-state index is 5.99. The monoisotopic (exact) mass is 298 g/mol. The largest absolute Gasteiger partial charge is 0.278 e. The molecule has 0 amide bonds. The quantitative estimate of drug-likeness (QED) is 0.687. The lowest BCUT2D eigenvalue weighted by Gasteiger charge is -2.02. The summed E-state index contributed by atoms with van der Waals surface area (Å²) in [6.07, 6.45) is 3.32. The van der Waals surface area contributed by atoms with E-state index in [-0.39, 0.29) is 0 Å². The van der Waals surface area contributed by atoms with Crippen LogP contribution in [-0.2, 0) is 0 Å². The standard InChI is InChI=1S/C11H5Cl3N4/c12-7-2-1-6(5-8(7)13)10-16-17-11-9(14)15-3-4-18(10)11/h1-5H. The minimum absolute atomic E-state index is 0.302. The van der Waals surface area contributed by atoms with E-state index in [1.807, 2.05) is 6.07 Å². The van der Waals surface area contributed by atoms with Gasteiger partial charge in [0.25, 0.3) is 0 Å². The van der Waals surface area contributed by atoms with Crippen LogP contribution in [-0.4, -0.2) is 19.6 Å². The molecule has 0 fully saturated rings. The van der Waals surface area contributed by atoms with Crippen molar-refractivity contribution in [3.63, 3.8) is 0 Å². The first kappa shape index (κ1) is 11.7. The molecule has 0 saturated heterocycles. The first-order valence-corrected chi connectivity index (χ1v) is 6.11. The molecule has 0 unspecified atom stereocenters. The van der Waals surface area contributed by atoms with Crippen molar-refractivity contribution in [3.8, 4) is 11.4 Å². The van der Waals surface area contributed by atoms with Crippen LogP contribution >= 0.6 is 34.8 Å². The number of hydrogen-bond acceptors (Lipinski definition) is 3. The smallest absolute Gasteiger partial charge is 0.198 e. The first-order chi connectivity index (χ1) is 8.66. The van der Waals surface area contributed by atoms with Crippen LogP contribution in [0, 0.1) is 0 Å². The minimum atomic E-state index is 0.302. The summed E-state index contributed by atoms with van der Waals surface area (Å²) in [5.74, 6) is 0.632. The van der Waals surface area contributed by atoms with Gasteiger partial charge in [0.1, 0.15) is 0 Å². The van der Waals surface area contributed by atoms with Crippen LogP contribution in [0.5, 0.6) is 0 Å². The predicted molar refractivity (Wildman–Crippen MR) is 71.2 cm³/mol. The van der Waals surface area contributed by atoms with Crippen molar-refractivity contribution in [2.24, 2.45) is 0 Å². The Bertz CT molecular complexity index is 738. The maximum atomic E-state index is 5.99. The van der Waals surface area contributed by atoms with Crippen LogP contribution in [0.4, 0.5) is 0 Å². The second-order valence-corrected chi connectivity index (χ2v) is 4.74. The molecule has 2 aromatic heterocycles. The number of hydrogen-bond donors (Lipinski definition) is 0. The van der Waals surface area contributed by atoms with Crippen LogP contribution in [0.1, 0.15) is 0 Å². The van der Waals surface area contributed by atoms with E-state index in [1.165, 1.54) is 0 Å². The van der Waals surface area contributed by atoms with Gasteiger partial charge in [-0.2, -0.15) is 0 Å². The number of halogens is 3. The van der Waals surface area contributed by atoms with E-state index in [0.717, 1.165) is 5.56 Å². The molecular formula is C11H5Cl3N4. The average molecular weight is 300 g/mol. The lowest BCUT2D eigenvalue weighted by Crippen LogP contribution is -1.91. The summed E-state index contributed by atoms with van der Waals surface area (Å²) < 4.78 is 1.74. The molecule has 0 atom stereocenters. The molecule has 0 radical (unpaired) electrons. The second-order valence-electron chi connectivity index (χ2n) is 3.56. The molecule has 0 bridgehead atoms. The molecule has 0 aliphatic carbocycles. The highest BCUT2D eigenvalue weighted by molar-refractivity contribution is 6.42. The van der Waals surface area contributed by atoms with Gasteiger partial charge in [-0.05, 0) is 18.2 Å². The third-order valence-corrected chi connectivity index (χ3v) is 3.47. The predicted octanol–water partition coefficient (Wildman–Crippen LogP) is 3.75. The number of aromatic nitrogens is 4. The van der Waals surface area contributed by atoms with Gasteiger partial charge in [-0.3, -0.25) is 4.40 Å². The highest BCUT2D eigenvalue weighted by atomic mass is 35.5. The molecule has 0 saturated carbocycles. The van der Waals surface area contributed by atoms with Crippen molar-refractivity contribution < 1.29 is 0 Å². The lowest BCUT2D eigenvalue weighted by atomic mass is 10.2. The number of nitrogens with zero attached hydrogens (tertiary/aromatic N) is 4. The van der Waals surface area contributed by atoms with Gasteiger partial charge in [-0.1, -0.05) is 34.8 Å². The van der Waals surface area contributed by atoms with E-state index >= 15 is 0 Å². The Morgan fingerprint density at radius 1 is 1.00 bits per heavy atom. The van der Waals surface area contributed by atoms with Crippen molar-refractivity contribution >= 4 is 40.4 Å². The zero-order chi connectivity index (χ0) is 12.7. The van der Waals surface area contributed by atoms with Crippen LogP contribution in [0.25, 0.3) is 17.0 Å². The summed E-state index contributed by atoms with van der Waals surface area (Å²) in [7, 11) is 0. The molecular weight excluding hydrogens is 295 g/mol. The summed E-state index contributed by atoms with van der Waals surface area (Å²) in [6.45, 7) is 0. The SMILES string of the molecule is Clc1ccc(-c2nnc3c(Cl)nccn23)cc1Cl. The van der Waals surface area contributed by atoms with Gasteiger partial charge in [0.05, 0.1) is 10.0 Å². The highest BCUT2D eigenvalue weighted by Gasteiger charge is 2.11. The van der Waals surface area contributed by atoms with Gasteiger partial charge in [0.15, 0.2) is 16.6 Å². The highest BCUT2D eigenvalue weighted by Crippen LogP contribution is 2.28. The molecule has 0 N–H and O–H groups in total. The molecule has 4 nitrogen and oxygen atoms in total. The fraction of sp³-hybridized carbons (Fsp3) is 0. The third-order valence-electron chi connectivity index (χ3n) is 2.46. The maximum Gasteiger partial charge on any atom is 0.198 e. The molecule has 3 aromatic rings. The Morgan fingerprint density at radius 2 is 1.83 bits per heavy atom. The fourth-order valence-electron chi connectivity index (χ4n) is 1.63. The topological polar surface area (TPSA) is 43.1 Å². The van der Waals surface area contributed by atoms with Crippen LogP contribution in [0.3, 0.4) is 0 Å². The molecule has 3 rings (SSSR count). The Balaban J connectivity index is 2.25. The van der Waals surface area contributed by atoms with E-state index in [0.29, 0.717) is 26.7 Å². The van der Waals surface area contributed by atoms with Gasteiger partial charge in [0, 0.05) is 18.0 Å². The van der Waals surface area contributed by atoms with Crippen molar-refractivity contribution in [3.05, 3.63) is 45.8 Å². The van der Waals surface area contributed by atoms with Gasteiger partial charge in [0.2, 0.25) is 0 Å². The first-order valence-electron chi connectivity index (χ1n) is 4.97. The summed E-state index contributed by atoms with van der Waals surface area (Å²) in [6, 6.07) is 5.26. The van der Waals surface area contributed by atoms with E-state index < -0.39 is 0 Å². The average Bonchev–Trinajstić information content (AvgIpc) is 2.78. The fourth-order valence-corrected chi connectivity index (χ4v) is 2.11. The Morgan fingerprint density at radius 3 is 2.61 bits per heavy atom. The molecule has 18 heavy (non-hydrogen) atoms. The zero-order valence-corrected chi connectivity index (χ0v) is 11.1. The van der Waals surface area contributed by atoms with E-state index in [9.17, 15) is 0 Å². The molecule has 0 spiro atoms. The summed E-state index contributed by atoms with van der Waals surface area (Å²) in [4.78, 5) is 3.94. The molecule has 0 aliphatic rings. The minimum Gasteiger partial charge on any atom is -0.278 e. The second kappa shape index (κ2) is 4.39. The van der Waals surface area contributed by atoms with Crippen LogP contribution in [0.2, 0.25) is 15.2 Å². The Hall–Kier alpha value is -1.36. The lowest BCUT2D eigenvalue weighted by molar-refractivity contribution is 1.11. The number of benzene rings is 1. The molecule has 7 heteroatoms. The van der Waals surface area contributed by atoms with Gasteiger partial charge >= 0.3 is 0 Å². The van der Waals surface area contributed by atoms with Crippen LogP contribution in [0.15, 0.2) is 30.6 Å². The van der Waals surface area contributed by atoms with Gasteiger partial charge < -0.3 is 0 Å². The zero-order valence-electron chi connectivity index (χ0n) is 8.81. The van der Waals surface area contributed by atoms with E-state index in [4.69, 9.17) is 34.8 Å². The normalized spacial score (nSPS) is 11.1. The molecule has 2 heterocycles. The Kier molecular flexibility index (Phi) is 2.86. The third kappa shape index (κ3) is 1.82. The van der Waals surface area contributed by atoms with E-state index in [2.05, 4.69) is 15.2 Å². The van der Waals surface area contributed by atoms with Crippen molar-refractivity contribution in [1.82, 2.24) is 19.6 Å². The van der Waals surface area contributed by atoms with Crippen molar-refractivity contribution in [1.29, 1.82) is 0 Å². The van der Waals surface area contributed by atoms with Gasteiger partial charge in [-0.15, -0.1) is 10.2 Å². The summed E-state index contributed by atoms with van der Waals surface area (Å²) >= 11 is 17.8. The molecule has 90 valence electrons. The van der Waals surface area contributed by atoms with Crippen molar-refractivity contribution in [2.75, 3.05) is 0 Å². The van der Waals surface area contributed by atoms with Crippen LogP contribution < -0.4 is 0 Å². The summed E-state index contributed by atoms with van der Waals surface area (Å²) in [5, 5.41) is 9.33. The van der Waals surface area contributed by atoms with Crippen molar-refractivity contribution in [2.45, 2.75) is 0 Å². The van der Waals surface area contributed by atoms with Gasteiger partial charge in [-0.25, -0.2) is 4.98 Å². The summed E-state index contributed by atoms with van der Waals surface area (Å²) in [5.41, 5.74) is 1.31. The number of rotatable bonds is 1. The Labute approximate surface area is 117 Å². The van der Waals surface area contributed by atoms with E-state index in [1.54, 1.807) is 28.9 Å².